The van der Waals surface area contributed by atoms with E-state index in [4.69, 9.17) is 9.84 Å². The summed E-state index contributed by atoms with van der Waals surface area (Å²) in [7, 11) is 1.90. The molecule has 198 valence electrons. The fourth-order valence-electron chi connectivity index (χ4n) is 3.36. The lowest BCUT2D eigenvalue weighted by molar-refractivity contribution is -0.278. The van der Waals surface area contributed by atoms with Crippen molar-refractivity contribution >= 4 is 17.8 Å². The molecular weight excluding hydrogens is 500 g/mol. The molecule has 8 nitrogen and oxygen atoms in total. The monoisotopic (exact) mass is 523 g/mol. The molecule has 0 saturated carbocycles. The summed E-state index contributed by atoms with van der Waals surface area (Å²) in [6.45, 7) is 1.51. The number of urea groups is 1. The Labute approximate surface area is 202 Å². The Hall–Kier alpha value is -3.39. The maximum absolute atomic E-state index is 14.1. The van der Waals surface area contributed by atoms with Crippen molar-refractivity contribution in [3.05, 3.63) is 59.8 Å². The zero-order valence-corrected chi connectivity index (χ0v) is 19.3. The molecule has 1 fully saturated rings. The molecule has 2 amide bonds. The number of alkyl halides is 6. The molecule has 0 bridgehead atoms. The predicted molar refractivity (Wildman–Crippen MR) is 114 cm³/mol. The lowest BCUT2D eigenvalue weighted by atomic mass is 9.92. The lowest BCUT2D eigenvalue weighted by Crippen LogP contribution is -2.54. The highest BCUT2D eigenvalue weighted by atomic mass is 19.4. The second kappa shape index (κ2) is 11.1. The zero-order valence-electron chi connectivity index (χ0n) is 19.3. The van der Waals surface area contributed by atoms with Crippen molar-refractivity contribution in [1.29, 1.82) is 0 Å². The van der Waals surface area contributed by atoms with Gasteiger partial charge in [-0.05, 0) is 19.1 Å². The number of carbonyl (C=O) groups is 2. The van der Waals surface area contributed by atoms with Crippen LogP contribution in [0.2, 0.25) is 0 Å². The molecule has 1 aromatic carbocycles. The molecule has 1 aromatic heterocycles. The number of rotatable bonds is 5. The number of aliphatic hydroxyl groups is 1. The van der Waals surface area contributed by atoms with Crippen LogP contribution in [0.15, 0.2) is 48.7 Å². The van der Waals surface area contributed by atoms with Gasteiger partial charge in [-0.2, -0.15) is 26.3 Å². The number of methoxy groups -OCH3 is 1. The van der Waals surface area contributed by atoms with Crippen LogP contribution in [0.25, 0.3) is 0 Å². The van der Waals surface area contributed by atoms with E-state index in [1.807, 2.05) is 0 Å². The first-order valence-electron chi connectivity index (χ1n) is 10.3. The maximum Gasteiger partial charge on any atom is 0.432 e. The van der Waals surface area contributed by atoms with Gasteiger partial charge in [0.05, 0.1) is 12.1 Å². The van der Waals surface area contributed by atoms with Crippen LogP contribution >= 0.6 is 0 Å². The van der Waals surface area contributed by atoms with Gasteiger partial charge in [0.15, 0.2) is 0 Å². The number of amides is 2. The Bertz CT molecular complexity index is 1050. The van der Waals surface area contributed by atoms with E-state index in [2.05, 4.69) is 9.72 Å². The van der Waals surface area contributed by atoms with E-state index in [-0.39, 0.29) is 6.61 Å². The number of halogens is 6. The molecule has 2 aromatic rings. The van der Waals surface area contributed by atoms with E-state index in [0.29, 0.717) is 24.1 Å². The summed E-state index contributed by atoms with van der Waals surface area (Å²) in [5.74, 6) is -2.44. The summed E-state index contributed by atoms with van der Waals surface area (Å²) in [6.07, 6.45) is -11.0. The van der Waals surface area contributed by atoms with E-state index in [1.165, 1.54) is 25.2 Å². The molecule has 2 heterocycles. The van der Waals surface area contributed by atoms with Gasteiger partial charge in [-0.15, -0.1) is 0 Å². The van der Waals surface area contributed by atoms with Gasteiger partial charge in [-0.3, -0.25) is 0 Å². The average molecular weight is 523 g/mol. The summed E-state index contributed by atoms with van der Waals surface area (Å²) >= 11 is 0. The normalized spacial score (nSPS) is 17.8. The molecule has 14 heteroatoms. The zero-order chi connectivity index (χ0) is 27.3. The van der Waals surface area contributed by atoms with Crippen LogP contribution in [0.3, 0.4) is 0 Å². The number of ether oxygens (including phenoxy) is 2. The first kappa shape index (κ1) is 28.8. The minimum absolute atomic E-state index is 0.250. The number of anilines is 1. The largest absolute Gasteiger partial charge is 0.436 e. The van der Waals surface area contributed by atoms with Crippen LogP contribution in [-0.4, -0.2) is 66.7 Å². The Kier molecular flexibility index (Phi) is 8.91. The van der Waals surface area contributed by atoms with E-state index in [1.54, 1.807) is 6.92 Å². The smallest absolute Gasteiger partial charge is 0.432 e. The van der Waals surface area contributed by atoms with E-state index < -0.39 is 59.7 Å². The van der Waals surface area contributed by atoms with Crippen LogP contribution in [0.5, 0.6) is 0 Å². The molecule has 2 atom stereocenters. The quantitative estimate of drug-likeness (QED) is 0.472. The molecule has 2 unspecified atom stereocenters. The predicted octanol–water partition coefficient (Wildman–Crippen LogP) is 3.94. The number of esters is 1. The number of pyridine rings is 1. The number of likely N-dealkylation sites (N-methyl/N-ethyl adjacent to an activating group) is 1. The van der Waals surface area contributed by atoms with Crippen molar-refractivity contribution in [2.24, 2.45) is 0 Å². The maximum atomic E-state index is 14.1. The molecular formula is C22H23F6N3O5. The third kappa shape index (κ3) is 5.70. The number of aromatic nitrogens is 1. The number of nitrogens with zero attached hydrogens (tertiary/aromatic N) is 3. The molecule has 0 aliphatic carbocycles. The van der Waals surface area contributed by atoms with E-state index >= 15 is 0 Å². The van der Waals surface area contributed by atoms with Crippen molar-refractivity contribution in [3.8, 4) is 0 Å². The lowest BCUT2D eigenvalue weighted by Gasteiger charge is -2.34. The number of benzene rings is 1. The molecule has 1 N–H and O–H groups in total. The summed E-state index contributed by atoms with van der Waals surface area (Å²) in [6, 6.07) is 6.23. The number of aliphatic hydroxyl groups excluding tert-OH is 1. The highest BCUT2D eigenvalue weighted by Crippen LogP contribution is 2.43. The Balaban J connectivity index is 0.00000145. The molecule has 1 saturated heterocycles. The van der Waals surface area contributed by atoms with Gasteiger partial charge in [-0.25, -0.2) is 19.5 Å². The number of hydrogen-bond donors (Lipinski definition) is 1. The van der Waals surface area contributed by atoms with Gasteiger partial charge in [-0.1, -0.05) is 30.3 Å². The first-order valence-corrected chi connectivity index (χ1v) is 10.3. The van der Waals surface area contributed by atoms with Gasteiger partial charge in [0, 0.05) is 32.5 Å². The van der Waals surface area contributed by atoms with Crippen molar-refractivity contribution in [2.45, 2.75) is 31.1 Å². The van der Waals surface area contributed by atoms with Gasteiger partial charge in [0.25, 0.3) is 5.60 Å². The molecule has 0 spiro atoms. The van der Waals surface area contributed by atoms with Crippen LogP contribution < -0.4 is 4.90 Å². The topological polar surface area (TPSA) is 92.2 Å². The van der Waals surface area contributed by atoms with Gasteiger partial charge in [0.2, 0.25) is 6.23 Å². The molecule has 36 heavy (non-hydrogen) atoms. The minimum atomic E-state index is -5.27. The van der Waals surface area contributed by atoms with Crippen molar-refractivity contribution in [1.82, 2.24) is 9.88 Å². The molecule has 0 radical (unpaired) electrons. The average Bonchev–Trinajstić information content (AvgIpc) is 3.07. The summed E-state index contributed by atoms with van der Waals surface area (Å²) in [5, 5.41) is 7.57. The Morgan fingerprint density at radius 3 is 2.19 bits per heavy atom. The van der Waals surface area contributed by atoms with Gasteiger partial charge < -0.3 is 19.5 Å². The first-order chi connectivity index (χ1) is 16.7. The van der Waals surface area contributed by atoms with E-state index in [0.717, 1.165) is 23.2 Å². The summed E-state index contributed by atoms with van der Waals surface area (Å²) < 4.78 is 91.2. The summed E-state index contributed by atoms with van der Waals surface area (Å²) in [5.41, 5.74) is -5.26. The van der Waals surface area contributed by atoms with Crippen LogP contribution in [-0.2, 0) is 26.0 Å². The number of hydrogen-bond acceptors (Lipinski definition) is 6. The fourth-order valence-corrected chi connectivity index (χ4v) is 3.36. The number of carbonyl (C=O) groups excluding carboxylic acids is 2. The third-order valence-corrected chi connectivity index (χ3v) is 4.99. The van der Waals surface area contributed by atoms with Crippen LogP contribution in [0.4, 0.5) is 37.0 Å². The Morgan fingerprint density at radius 1 is 1.11 bits per heavy atom. The van der Waals surface area contributed by atoms with Crippen molar-refractivity contribution in [2.75, 3.05) is 32.2 Å². The SMILES string of the molecule is CCO.COC(C(=O)OC1CN(C)C(=O)N1c1cc(C(F)(F)F)ccn1)(c1ccccc1)C(F)(F)F. The highest BCUT2D eigenvalue weighted by Gasteiger charge is 2.64. The minimum Gasteiger partial charge on any atom is -0.436 e. The van der Waals surface area contributed by atoms with Gasteiger partial charge >= 0.3 is 24.4 Å². The molecule has 3 rings (SSSR count). The van der Waals surface area contributed by atoms with Crippen molar-refractivity contribution < 1.29 is 50.5 Å². The molecule has 1 aliphatic heterocycles. The fraction of sp³-hybridized carbons (Fsp3) is 0.409. The third-order valence-electron chi connectivity index (χ3n) is 4.99. The van der Waals surface area contributed by atoms with Crippen molar-refractivity contribution in [3.63, 3.8) is 0 Å². The standard InChI is InChI=1S/C20H17F6N3O4.C2H6O/c1-28-11-15(29(17(28)31)14-10-13(8-9-27-14)19(21,22)23)33-16(30)18(32-2,20(24,25)26)12-6-4-3-5-7-12;1-2-3/h3-10,15H,11H2,1-2H3;3H,2H2,1H3. The van der Waals surface area contributed by atoms with Crippen LogP contribution in [0.1, 0.15) is 18.1 Å². The van der Waals surface area contributed by atoms with Gasteiger partial charge in [0.1, 0.15) is 5.82 Å². The second-order valence-corrected chi connectivity index (χ2v) is 7.36. The molecule has 1 aliphatic rings. The Morgan fingerprint density at radius 2 is 1.69 bits per heavy atom. The summed E-state index contributed by atoms with van der Waals surface area (Å²) in [4.78, 5) is 30.7. The second-order valence-electron chi connectivity index (χ2n) is 7.36. The van der Waals surface area contributed by atoms with E-state index in [9.17, 15) is 35.9 Å². The highest BCUT2D eigenvalue weighted by molar-refractivity contribution is 5.94. The van der Waals surface area contributed by atoms with Crippen LogP contribution in [0, 0.1) is 0 Å².